The fourth-order valence-electron chi connectivity index (χ4n) is 3.28. The second-order valence-electron chi connectivity index (χ2n) is 6.51. The van der Waals surface area contributed by atoms with Crippen LogP contribution in [0.5, 0.6) is 5.75 Å². The maximum absolute atomic E-state index is 13.2. The van der Waals surface area contributed by atoms with Gasteiger partial charge in [-0.3, -0.25) is 10.1 Å². The summed E-state index contributed by atoms with van der Waals surface area (Å²) in [6, 6.07) is 9.81. The molecule has 7 nitrogen and oxygen atoms in total. The number of hydrogen-bond acceptors (Lipinski definition) is 8. The monoisotopic (exact) mass is 429 g/mol. The molecule has 0 fully saturated rings. The van der Waals surface area contributed by atoms with Crippen molar-refractivity contribution in [2.24, 2.45) is 0 Å². The highest BCUT2D eigenvalue weighted by Gasteiger charge is 2.54. The predicted molar refractivity (Wildman–Crippen MR) is 112 cm³/mol. The number of hydrogen-bond donors (Lipinski definition) is 1. The number of rotatable bonds is 8. The summed E-state index contributed by atoms with van der Waals surface area (Å²) >= 11 is 1.29. The molecule has 1 N–H and O–H groups in total. The molecule has 0 bridgehead atoms. The van der Waals surface area contributed by atoms with Crippen LogP contribution in [0.1, 0.15) is 35.1 Å². The molecule has 2 aromatic rings. The Morgan fingerprint density at radius 2 is 1.67 bits per heavy atom. The smallest absolute Gasteiger partial charge is 0.342 e. The minimum absolute atomic E-state index is 0.0803. The van der Waals surface area contributed by atoms with Crippen molar-refractivity contribution in [1.29, 1.82) is 0 Å². The third-order valence-electron chi connectivity index (χ3n) is 4.71. The molecule has 0 spiro atoms. The molecule has 30 heavy (non-hydrogen) atoms. The topological polar surface area (TPSA) is 90.9 Å². The van der Waals surface area contributed by atoms with E-state index in [1.807, 2.05) is 0 Å². The molecule has 0 saturated heterocycles. The number of carbonyl (C=O) groups is 3. The van der Waals surface area contributed by atoms with Gasteiger partial charge in [-0.05, 0) is 49.1 Å². The van der Waals surface area contributed by atoms with Gasteiger partial charge in [-0.15, -0.1) is 11.3 Å². The Kier molecular flexibility index (Phi) is 6.69. The number of nitrogens with one attached hydrogen (secondary N) is 1. The second kappa shape index (κ2) is 9.23. The molecule has 2 heterocycles. The summed E-state index contributed by atoms with van der Waals surface area (Å²) in [5.41, 5.74) is -0.926. The van der Waals surface area contributed by atoms with Crippen molar-refractivity contribution in [3.8, 4) is 5.75 Å². The van der Waals surface area contributed by atoms with E-state index in [1.54, 1.807) is 62.7 Å². The van der Waals surface area contributed by atoms with E-state index < -0.39 is 23.5 Å². The molecule has 1 aromatic carbocycles. The van der Waals surface area contributed by atoms with Crippen molar-refractivity contribution in [3.05, 3.63) is 63.9 Å². The summed E-state index contributed by atoms with van der Waals surface area (Å²) in [4.78, 5) is 39.5. The van der Waals surface area contributed by atoms with Gasteiger partial charge in [0.1, 0.15) is 5.75 Å². The Hall–Kier alpha value is -2.97. The lowest BCUT2D eigenvalue weighted by Crippen LogP contribution is -2.56. The first-order valence-electron chi connectivity index (χ1n) is 9.53. The van der Waals surface area contributed by atoms with E-state index in [4.69, 9.17) is 14.2 Å². The molecule has 0 radical (unpaired) electrons. The lowest BCUT2D eigenvalue weighted by atomic mass is 9.96. The third-order valence-corrected chi connectivity index (χ3v) is 5.57. The number of ketones is 1. The zero-order valence-corrected chi connectivity index (χ0v) is 17.8. The molecule has 1 atom stereocenters. The highest BCUT2D eigenvalue weighted by atomic mass is 32.1. The largest absolute Gasteiger partial charge is 0.497 e. The molecule has 0 aliphatic carbocycles. The van der Waals surface area contributed by atoms with Crippen LogP contribution in [-0.2, 0) is 19.1 Å². The molecule has 1 aliphatic rings. The minimum Gasteiger partial charge on any atom is -0.497 e. The van der Waals surface area contributed by atoms with Crippen LogP contribution in [0.15, 0.2) is 53.4 Å². The molecule has 158 valence electrons. The van der Waals surface area contributed by atoms with Gasteiger partial charge in [0.2, 0.25) is 11.3 Å². The van der Waals surface area contributed by atoms with Crippen LogP contribution in [0.4, 0.5) is 0 Å². The van der Waals surface area contributed by atoms with E-state index in [9.17, 15) is 14.4 Å². The zero-order chi connectivity index (χ0) is 21.7. The SMILES string of the molecule is CCOC(=O)C1(C(=O)OCC)C=C(C(=O)c2cccs2)[C@H](c2ccc(OC)cc2)N1. The normalized spacial score (nSPS) is 17.2. The van der Waals surface area contributed by atoms with E-state index in [1.165, 1.54) is 17.4 Å². The summed E-state index contributed by atoms with van der Waals surface area (Å²) in [7, 11) is 1.56. The van der Waals surface area contributed by atoms with Gasteiger partial charge in [0.05, 0.1) is 31.2 Å². The quantitative estimate of drug-likeness (QED) is 0.392. The van der Waals surface area contributed by atoms with Crippen LogP contribution in [0.25, 0.3) is 0 Å². The Balaban J connectivity index is 2.11. The van der Waals surface area contributed by atoms with Gasteiger partial charge in [0, 0.05) is 5.57 Å². The van der Waals surface area contributed by atoms with Crippen LogP contribution in [0, 0.1) is 0 Å². The van der Waals surface area contributed by atoms with E-state index in [0.717, 1.165) is 0 Å². The summed E-state index contributed by atoms with van der Waals surface area (Å²) in [6.07, 6.45) is 1.35. The van der Waals surface area contributed by atoms with Gasteiger partial charge >= 0.3 is 11.9 Å². The van der Waals surface area contributed by atoms with Gasteiger partial charge in [0.15, 0.2) is 0 Å². The van der Waals surface area contributed by atoms with Gasteiger partial charge in [-0.1, -0.05) is 18.2 Å². The summed E-state index contributed by atoms with van der Waals surface area (Å²) in [5, 5.41) is 4.82. The van der Waals surface area contributed by atoms with E-state index in [0.29, 0.717) is 16.2 Å². The zero-order valence-electron chi connectivity index (χ0n) is 17.0. The average Bonchev–Trinajstić information content (AvgIpc) is 3.43. The molecule has 0 amide bonds. The van der Waals surface area contributed by atoms with Crippen LogP contribution >= 0.6 is 11.3 Å². The highest BCUT2D eigenvalue weighted by molar-refractivity contribution is 7.12. The molecule has 0 unspecified atom stereocenters. The van der Waals surface area contributed by atoms with Crippen molar-refractivity contribution in [2.45, 2.75) is 25.4 Å². The maximum atomic E-state index is 13.2. The molecule has 0 saturated carbocycles. The number of benzene rings is 1. The first-order chi connectivity index (χ1) is 14.5. The molecule has 1 aromatic heterocycles. The highest BCUT2D eigenvalue weighted by Crippen LogP contribution is 2.37. The van der Waals surface area contributed by atoms with Crippen LogP contribution < -0.4 is 10.1 Å². The first kappa shape index (κ1) is 21.7. The van der Waals surface area contributed by atoms with E-state index in [2.05, 4.69) is 5.32 Å². The first-order valence-corrected chi connectivity index (χ1v) is 10.4. The van der Waals surface area contributed by atoms with Crippen LogP contribution in [0.3, 0.4) is 0 Å². The van der Waals surface area contributed by atoms with Crippen molar-refractivity contribution < 1.29 is 28.6 Å². The molecule has 1 aliphatic heterocycles. The van der Waals surface area contributed by atoms with Gasteiger partial charge in [0.25, 0.3) is 0 Å². The summed E-state index contributed by atoms with van der Waals surface area (Å²) in [6.45, 7) is 3.45. The fraction of sp³-hybridized carbons (Fsp3) is 0.318. The van der Waals surface area contributed by atoms with Crippen molar-refractivity contribution in [3.63, 3.8) is 0 Å². The number of thiophene rings is 1. The summed E-state index contributed by atoms with van der Waals surface area (Å²) < 4.78 is 15.5. The Labute approximate surface area is 178 Å². The lowest BCUT2D eigenvalue weighted by Gasteiger charge is -2.26. The minimum atomic E-state index is -1.90. The second-order valence-corrected chi connectivity index (χ2v) is 7.45. The molecule has 8 heteroatoms. The Bertz CT molecular complexity index is 931. The van der Waals surface area contributed by atoms with Crippen LogP contribution in [-0.4, -0.2) is 43.6 Å². The van der Waals surface area contributed by atoms with E-state index in [-0.39, 0.29) is 24.6 Å². The van der Waals surface area contributed by atoms with E-state index >= 15 is 0 Å². The molecule has 3 rings (SSSR count). The van der Waals surface area contributed by atoms with Gasteiger partial charge in [-0.2, -0.15) is 0 Å². The van der Waals surface area contributed by atoms with Crippen molar-refractivity contribution in [1.82, 2.24) is 5.32 Å². The predicted octanol–water partition coefficient (Wildman–Crippen LogP) is 3.08. The molecular formula is C22H23NO6S. The number of Topliss-reactive ketones (excluding diaryl/α,β-unsaturated/α-hetero) is 1. The number of carbonyl (C=O) groups excluding carboxylic acids is 3. The van der Waals surface area contributed by atoms with Gasteiger partial charge < -0.3 is 14.2 Å². The number of ether oxygens (including phenoxy) is 3. The van der Waals surface area contributed by atoms with Crippen molar-refractivity contribution >= 4 is 29.1 Å². The average molecular weight is 429 g/mol. The fourth-order valence-corrected chi connectivity index (χ4v) is 3.96. The lowest BCUT2D eigenvalue weighted by molar-refractivity contribution is -0.162. The van der Waals surface area contributed by atoms with Crippen LogP contribution in [0.2, 0.25) is 0 Å². The molecular weight excluding hydrogens is 406 g/mol. The summed E-state index contributed by atoms with van der Waals surface area (Å²) in [5.74, 6) is -1.24. The Morgan fingerprint density at radius 1 is 1.03 bits per heavy atom. The third kappa shape index (κ3) is 4.01. The van der Waals surface area contributed by atoms with Gasteiger partial charge in [-0.25, -0.2) is 9.59 Å². The number of esters is 2. The standard InChI is InChI=1S/C22H23NO6S/c1-4-28-20(25)22(21(26)29-5-2)13-16(19(24)17-7-6-12-30-17)18(23-22)14-8-10-15(27-3)11-9-14/h6-13,18,23H,4-5H2,1-3H3/t18-/m0/s1. The van der Waals surface area contributed by atoms with Crippen molar-refractivity contribution in [2.75, 3.05) is 20.3 Å². The Morgan fingerprint density at radius 3 is 2.17 bits per heavy atom. The maximum Gasteiger partial charge on any atom is 0.342 e. The number of methoxy groups -OCH3 is 1.